The second-order valence-corrected chi connectivity index (χ2v) is 8.00. The predicted octanol–water partition coefficient (Wildman–Crippen LogP) is 6.89. The average Bonchev–Trinajstić information content (AvgIpc) is 2.72. The van der Waals surface area contributed by atoms with Crippen LogP contribution in [-0.2, 0) is 13.0 Å². The number of amides is 1. The van der Waals surface area contributed by atoms with Crippen LogP contribution in [0.25, 0.3) is 0 Å². The Kier molecular flexibility index (Phi) is 7.18. The fraction of sp³-hybridized carbons (Fsp3) is 0.208. The van der Waals surface area contributed by atoms with Crippen molar-refractivity contribution >= 4 is 29.3 Å². The highest BCUT2D eigenvalue weighted by atomic mass is 35.5. The molecule has 1 amide bonds. The van der Waals surface area contributed by atoms with Gasteiger partial charge in [0.05, 0.1) is 0 Å². The third-order valence-corrected chi connectivity index (χ3v) is 5.69. The summed E-state index contributed by atoms with van der Waals surface area (Å²) in [5.74, 6) is -0.0340. The van der Waals surface area contributed by atoms with Crippen LogP contribution in [0.15, 0.2) is 78.9 Å². The molecule has 3 rings (SSSR count). The molecule has 5 heteroatoms. The van der Waals surface area contributed by atoms with E-state index in [1.54, 1.807) is 0 Å². The smallest absolute Gasteiger partial charge is 0.407 e. The zero-order valence-corrected chi connectivity index (χ0v) is 17.6. The van der Waals surface area contributed by atoms with Gasteiger partial charge in [-0.15, -0.1) is 0 Å². The molecule has 0 aliphatic rings. The number of rotatable bonds is 7. The van der Waals surface area contributed by atoms with Crippen molar-refractivity contribution in [1.82, 2.24) is 4.90 Å². The quantitative estimate of drug-likeness (QED) is 0.445. The highest BCUT2D eigenvalue weighted by Crippen LogP contribution is 2.30. The molecule has 2 atom stereocenters. The van der Waals surface area contributed by atoms with E-state index in [1.807, 2.05) is 85.8 Å². The van der Waals surface area contributed by atoms with E-state index in [-0.39, 0.29) is 12.0 Å². The van der Waals surface area contributed by atoms with Crippen molar-refractivity contribution in [3.63, 3.8) is 0 Å². The standard InChI is InChI=1S/C24H23Cl2NO2/c1-17(27(24(28)29)16-19-5-3-2-4-6-19)23(20-9-13-22(26)14-10-20)15-18-7-11-21(25)12-8-18/h2-14,17,23H,15-16H2,1H3,(H,28,29). The Morgan fingerprint density at radius 1 is 0.862 bits per heavy atom. The van der Waals surface area contributed by atoms with Crippen LogP contribution in [0.3, 0.4) is 0 Å². The normalized spacial score (nSPS) is 12.9. The van der Waals surface area contributed by atoms with E-state index in [1.165, 1.54) is 4.90 Å². The fourth-order valence-electron chi connectivity index (χ4n) is 3.53. The molecule has 0 bridgehead atoms. The lowest BCUT2D eigenvalue weighted by atomic mass is 9.85. The minimum Gasteiger partial charge on any atom is -0.465 e. The highest BCUT2D eigenvalue weighted by molar-refractivity contribution is 6.30. The van der Waals surface area contributed by atoms with Gasteiger partial charge in [0.15, 0.2) is 0 Å². The number of halogens is 2. The number of hydrogen-bond acceptors (Lipinski definition) is 1. The second kappa shape index (κ2) is 9.82. The molecule has 0 aliphatic heterocycles. The summed E-state index contributed by atoms with van der Waals surface area (Å²) in [6.07, 6.45) is -0.241. The maximum Gasteiger partial charge on any atom is 0.407 e. The van der Waals surface area contributed by atoms with E-state index in [4.69, 9.17) is 23.2 Å². The number of benzene rings is 3. The Bertz CT molecular complexity index is 927. The van der Waals surface area contributed by atoms with Crippen molar-refractivity contribution in [2.24, 2.45) is 0 Å². The molecule has 0 saturated heterocycles. The number of carbonyl (C=O) groups is 1. The maximum absolute atomic E-state index is 12.1. The summed E-state index contributed by atoms with van der Waals surface area (Å²) in [4.78, 5) is 13.6. The van der Waals surface area contributed by atoms with Crippen LogP contribution in [0.4, 0.5) is 4.79 Å². The lowest BCUT2D eigenvalue weighted by molar-refractivity contribution is 0.116. The highest BCUT2D eigenvalue weighted by Gasteiger charge is 2.28. The lowest BCUT2D eigenvalue weighted by Crippen LogP contribution is -2.41. The maximum atomic E-state index is 12.1. The van der Waals surface area contributed by atoms with Gasteiger partial charge in [-0.25, -0.2) is 4.79 Å². The third kappa shape index (κ3) is 5.75. The summed E-state index contributed by atoms with van der Waals surface area (Å²) in [6.45, 7) is 2.30. The summed E-state index contributed by atoms with van der Waals surface area (Å²) in [5, 5.41) is 11.3. The van der Waals surface area contributed by atoms with Gasteiger partial charge in [0.1, 0.15) is 0 Å². The molecule has 3 nitrogen and oxygen atoms in total. The van der Waals surface area contributed by atoms with Gasteiger partial charge in [-0.05, 0) is 54.3 Å². The first-order valence-corrected chi connectivity index (χ1v) is 10.2. The average molecular weight is 428 g/mol. The van der Waals surface area contributed by atoms with E-state index in [0.717, 1.165) is 16.7 Å². The predicted molar refractivity (Wildman–Crippen MR) is 119 cm³/mol. The van der Waals surface area contributed by atoms with Crippen LogP contribution in [0, 0.1) is 0 Å². The third-order valence-electron chi connectivity index (χ3n) is 5.18. The van der Waals surface area contributed by atoms with Gasteiger partial charge < -0.3 is 10.0 Å². The Labute approximate surface area is 181 Å². The summed E-state index contributed by atoms with van der Waals surface area (Å²) < 4.78 is 0. The van der Waals surface area contributed by atoms with Crippen molar-refractivity contribution in [2.75, 3.05) is 0 Å². The van der Waals surface area contributed by atoms with Crippen molar-refractivity contribution in [3.8, 4) is 0 Å². The van der Waals surface area contributed by atoms with Crippen molar-refractivity contribution in [1.29, 1.82) is 0 Å². The topological polar surface area (TPSA) is 40.5 Å². The molecule has 0 radical (unpaired) electrons. The second-order valence-electron chi connectivity index (χ2n) is 7.13. The molecule has 0 saturated carbocycles. The van der Waals surface area contributed by atoms with Gasteiger partial charge in [-0.3, -0.25) is 0 Å². The first-order chi connectivity index (χ1) is 13.9. The van der Waals surface area contributed by atoms with Gasteiger partial charge in [0, 0.05) is 28.5 Å². The van der Waals surface area contributed by atoms with Gasteiger partial charge in [0.2, 0.25) is 0 Å². The molecule has 0 spiro atoms. The van der Waals surface area contributed by atoms with E-state index in [9.17, 15) is 9.90 Å². The molecule has 29 heavy (non-hydrogen) atoms. The van der Waals surface area contributed by atoms with Gasteiger partial charge >= 0.3 is 6.09 Å². The van der Waals surface area contributed by atoms with Crippen LogP contribution in [0.1, 0.15) is 29.5 Å². The minimum atomic E-state index is -0.934. The number of carboxylic acid groups (broad SMARTS) is 1. The van der Waals surface area contributed by atoms with Crippen molar-refractivity contribution in [2.45, 2.75) is 31.8 Å². The van der Waals surface area contributed by atoms with Crippen molar-refractivity contribution in [3.05, 3.63) is 106 Å². The largest absolute Gasteiger partial charge is 0.465 e. The Morgan fingerprint density at radius 2 is 1.41 bits per heavy atom. The molecule has 3 aromatic carbocycles. The number of nitrogens with zero attached hydrogens (tertiary/aromatic N) is 1. The Hall–Kier alpha value is -2.49. The molecule has 3 aromatic rings. The molecule has 0 heterocycles. The van der Waals surface area contributed by atoms with E-state index < -0.39 is 6.09 Å². The van der Waals surface area contributed by atoms with Gasteiger partial charge in [-0.2, -0.15) is 0 Å². The molecule has 0 aromatic heterocycles. The van der Waals surface area contributed by atoms with E-state index in [2.05, 4.69) is 0 Å². The van der Waals surface area contributed by atoms with Crippen LogP contribution >= 0.6 is 23.2 Å². The Balaban J connectivity index is 1.92. The molecule has 150 valence electrons. The van der Waals surface area contributed by atoms with Crippen molar-refractivity contribution < 1.29 is 9.90 Å². The fourth-order valence-corrected chi connectivity index (χ4v) is 3.79. The van der Waals surface area contributed by atoms with Gasteiger partial charge in [0.25, 0.3) is 0 Å². The van der Waals surface area contributed by atoms with Gasteiger partial charge in [-0.1, -0.05) is 77.8 Å². The van der Waals surface area contributed by atoms with Crippen LogP contribution < -0.4 is 0 Å². The SMILES string of the molecule is CC(C(Cc1ccc(Cl)cc1)c1ccc(Cl)cc1)N(Cc1ccccc1)C(=O)O. The van der Waals surface area contributed by atoms with E-state index in [0.29, 0.717) is 23.0 Å². The summed E-state index contributed by atoms with van der Waals surface area (Å²) >= 11 is 12.1. The molecule has 0 aliphatic carbocycles. The van der Waals surface area contributed by atoms with E-state index >= 15 is 0 Å². The molecular weight excluding hydrogens is 405 g/mol. The first-order valence-electron chi connectivity index (χ1n) is 9.47. The Morgan fingerprint density at radius 3 is 1.97 bits per heavy atom. The zero-order chi connectivity index (χ0) is 20.8. The molecule has 0 fully saturated rings. The summed E-state index contributed by atoms with van der Waals surface area (Å²) in [5.41, 5.74) is 3.12. The summed E-state index contributed by atoms with van der Waals surface area (Å²) in [7, 11) is 0. The minimum absolute atomic E-state index is 0.0340. The molecule has 1 N–H and O–H groups in total. The molecular formula is C24H23Cl2NO2. The molecule has 2 unspecified atom stereocenters. The lowest BCUT2D eigenvalue weighted by Gasteiger charge is -2.33. The zero-order valence-electron chi connectivity index (χ0n) is 16.1. The first kappa shape index (κ1) is 21.2. The number of hydrogen-bond donors (Lipinski definition) is 1. The van der Waals surface area contributed by atoms with Crippen LogP contribution in [0.2, 0.25) is 10.0 Å². The summed E-state index contributed by atoms with van der Waals surface area (Å²) in [6, 6.07) is 24.7. The van der Waals surface area contributed by atoms with Crippen LogP contribution in [0.5, 0.6) is 0 Å². The monoisotopic (exact) mass is 427 g/mol. The van der Waals surface area contributed by atoms with Crippen LogP contribution in [-0.4, -0.2) is 22.1 Å².